The SMILES string of the molecule is O=C(C(=O)N1CCN(C(=O)c2cc3cc(Br)ccc3o2)CC1)N1CCOCC1. The van der Waals surface area contributed by atoms with E-state index in [1.165, 1.54) is 9.80 Å². The minimum atomic E-state index is -0.511. The minimum Gasteiger partial charge on any atom is -0.451 e. The van der Waals surface area contributed by atoms with E-state index in [0.717, 1.165) is 9.86 Å². The third-order valence-corrected chi connectivity index (χ3v) is 5.52. The lowest BCUT2D eigenvalue weighted by molar-refractivity contribution is -0.154. The van der Waals surface area contributed by atoms with E-state index in [0.29, 0.717) is 58.1 Å². The van der Waals surface area contributed by atoms with Gasteiger partial charge in [-0.15, -0.1) is 0 Å². The van der Waals surface area contributed by atoms with E-state index in [1.54, 1.807) is 11.0 Å². The zero-order chi connectivity index (χ0) is 19.7. The van der Waals surface area contributed by atoms with Gasteiger partial charge in [0.25, 0.3) is 5.91 Å². The van der Waals surface area contributed by atoms with Crippen molar-refractivity contribution in [1.82, 2.24) is 14.7 Å². The van der Waals surface area contributed by atoms with Gasteiger partial charge in [-0.2, -0.15) is 0 Å². The molecule has 9 heteroatoms. The summed E-state index contributed by atoms with van der Waals surface area (Å²) in [4.78, 5) is 42.2. The molecule has 2 saturated heterocycles. The van der Waals surface area contributed by atoms with Crippen LogP contribution in [0.4, 0.5) is 0 Å². The van der Waals surface area contributed by atoms with Crippen molar-refractivity contribution in [2.45, 2.75) is 0 Å². The van der Waals surface area contributed by atoms with E-state index in [9.17, 15) is 14.4 Å². The topological polar surface area (TPSA) is 83.3 Å². The first kappa shape index (κ1) is 18.9. The lowest BCUT2D eigenvalue weighted by Crippen LogP contribution is -2.55. The second-order valence-corrected chi connectivity index (χ2v) is 7.70. The Morgan fingerprint density at radius 3 is 2.11 bits per heavy atom. The lowest BCUT2D eigenvalue weighted by atomic mass is 10.2. The molecule has 1 aromatic carbocycles. The molecule has 2 aromatic rings. The summed E-state index contributed by atoms with van der Waals surface area (Å²) in [6.45, 7) is 3.16. The van der Waals surface area contributed by atoms with Crippen LogP contribution in [0.2, 0.25) is 0 Å². The average molecular weight is 450 g/mol. The maximum Gasteiger partial charge on any atom is 0.312 e. The first-order chi connectivity index (χ1) is 13.5. The van der Waals surface area contributed by atoms with Crippen LogP contribution in [-0.4, -0.2) is 84.9 Å². The highest BCUT2D eigenvalue weighted by molar-refractivity contribution is 9.10. The summed E-state index contributed by atoms with van der Waals surface area (Å²) in [6.07, 6.45) is 0. The van der Waals surface area contributed by atoms with Gasteiger partial charge in [-0.3, -0.25) is 14.4 Å². The highest BCUT2D eigenvalue weighted by atomic mass is 79.9. The summed E-state index contributed by atoms with van der Waals surface area (Å²) in [6, 6.07) is 7.28. The second-order valence-electron chi connectivity index (χ2n) is 6.78. The number of hydrogen-bond donors (Lipinski definition) is 0. The van der Waals surface area contributed by atoms with E-state index in [4.69, 9.17) is 9.15 Å². The monoisotopic (exact) mass is 449 g/mol. The van der Waals surface area contributed by atoms with E-state index in [-0.39, 0.29) is 11.7 Å². The van der Waals surface area contributed by atoms with Crippen molar-refractivity contribution in [2.75, 3.05) is 52.5 Å². The normalized spacial score (nSPS) is 17.8. The van der Waals surface area contributed by atoms with Crippen molar-refractivity contribution < 1.29 is 23.5 Å². The van der Waals surface area contributed by atoms with E-state index in [2.05, 4.69) is 15.9 Å². The molecule has 0 N–H and O–H groups in total. The number of furan rings is 1. The van der Waals surface area contributed by atoms with Gasteiger partial charge in [-0.25, -0.2) is 0 Å². The molecule has 2 aliphatic heterocycles. The number of amides is 3. The molecule has 0 unspecified atom stereocenters. The van der Waals surface area contributed by atoms with Crippen LogP contribution >= 0.6 is 15.9 Å². The Kier molecular flexibility index (Phi) is 5.36. The van der Waals surface area contributed by atoms with Crippen LogP contribution in [-0.2, 0) is 14.3 Å². The number of halogens is 1. The predicted molar refractivity (Wildman–Crippen MR) is 104 cm³/mol. The Morgan fingerprint density at radius 2 is 1.43 bits per heavy atom. The van der Waals surface area contributed by atoms with Gasteiger partial charge in [0.1, 0.15) is 5.58 Å². The molecule has 4 rings (SSSR count). The van der Waals surface area contributed by atoms with Gasteiger partial charge in [0, 0.05) is 49.1 Å². The molecule has 0 aliphatic carbocycles. The molecular formula is C19H20BrN3O5. The summed E-state index contributed by atoms with van der Waals surface area (Å²) in [5, 5.41) is 0.850. The molecule has 3 amide bonds. The molecule has 148 valence electrons. The molecule has 1 aromatic heterocycles. The van der Waals surface area contributed by atoms with Crippen molar-refractivity contribution in [3.63, 3.8) is 0 Å². The number of morpholine rings is 1. The van der Waals surface area contributed by atoms with Crippen LogP contribution in [0, 0.1) is 0 Å². The van der Waals surface area contributed by atoms with Crippen LogP contribution in [0.3, 0.4) is 0 Å². The zero-order valence-electron chi connectivity index (χ0n) is 15.2. The number of fused-ring (bicyclic) bond motifs is 1. The van der Waals surface area contributed by atoms with Gasteiger partial charge >= 0.3 is 11.8 Å². The van der Waals surface area contributed by atoms with Gasteiger partial charge in [-0.05, 0) is 24.3 Å². The number of carbonyl (C=O) groups excluding carboxylic acids is 3. The Balaban J connectivity index is 1.37. The first-order valence-corrected chi connectivity index (χ1v) is 9.96. The quantitative estimate of drug-likeness (QED) is 0.613. The number of carbonyl (C=O) groups is 3. The highest BCUT2D eigenvalue weighted by Gasteiger charge is 2.32. The molecule has 2 aliphatic rings. The first-order valence-electron chi connectivity index (χ1n) is 9.17. The molecule has 28 heavy (non-hydrogen) atoms. The van der Waals surface area contributed by atoms with Crippen LogP contribution < -0.4 is 0 Å². The smallest absolute Gasteiger partial charge is 0.312 e. The highest BCUT2D eigenvalue weighted by Crippen LogP contribution is 2.24. The van der Waals surface area contributed by atoms with Crippen molar-refractivity contribution in [2.24, 2.45) is 0 Å². The molecular weight excluding hydrogens is 430 g/mol. The molecule has 0 spiro atoms. The Bertz CT molecular complexity index is 913. The van der Waals surface area contributed by atoms with Gasteiger partial charge < -0.3 is 23.9 Å². The Hall–Kier alpha value is -2.39. The van der Waals surface area contributed by atoms with Crippen molar-refractivity contribution in [3.05, 3.63) is 34.5 Å². The second kappa shape index (κ2) is 7.92. The number of ether oxygens (including phenoxy) is 1. The van der Waals surface area contributed by atoms with Crippen molar-refractivity contribution in [1.29, 1.82) is 0 Å². The predicted octanol–water partition coefficient (Wildman–Crippen LogP) is 1.34. The largest absolute Gasteiger partial charge is 0.451 e. The molecule has 3 heterocycles. The van der Waals surface area contributed by atoms with Gasteiger partial charge in [-0.1, -0.05) is 15.9 Å². The van der Waals surface area contributed by atoms with E-state index < -0.39 is 11.8 Å². The summed E-state index contributed by atoms with van der Waals surface area (Å²) in [5.41, 5.74) is 0.650. The van der Waals surface area contributed by atoms with Crippen LogP contribution in [0.5, 0.6) is 0 Å². The Labute approximate surface area is 170 Å². The lowest BCUT2D eigenvalue weighted by Gasteiger charge is -2.35. The maximum atomic E-state index is 12.7. The van der Waals surface area contributed by atoms with Gasteiger partial charge in [0.2, 0.25) is 0 Å². The van der Waals surface area contributed by atoms with E-state index >= 15 is 0 Å². The molecule has 0 atom stereocenters. The molecule has 2 fully saturated rings. The number of piperazine rings is 1. The van der Waals surface area contributed by atoms with E-state index in [1.807, 2.05) is 18.2 Å². The summed E-state index contributed by atoms with van der Waals surface area (Å²) in [7, 11) is 0. The number of hydrogen-bond acceptors (Lipinski definition) is 5. The number of benzene rings is 1. The van der Waals surface area contributed by atoms with Crippen molar-refractivity contribution >= 4 is 44.6 Å². The molecule has 0 bridgehead atoms. The molecule has 8 nitrogen and oxygen atoms in total. The third-order valence-electron chi connectivity index (χ3n) is 5.02. The number of nitrogens with zero attached hydrogens (tertiary/aromatic N) is 3. The minimum absolute atomic E-state index is 0.209. The molecule has 0 saturated carbocycles. The van der Waals surface area contributed by atoms with Gasteiger partial charge in [0.15, 0.2) is 5.76 Å². The standard InChI is InChI=1S/C19H20BrN3O5/c20-14-1-2-15-13(11-14)12-16(28-15)17(24)21-3-5-22(6-4-21)18(25)19(26)23-7-9-27-10-8-23/h1-2,11-12H,3-10H2. The maximum absolute atomic E-state index is 12.7. The number of rotatable bonds is 1. The summed E-state index contributed by atoms with van der Waals surface area (Å²) < 4.78 is 11.8. The van der Waals surface area contributed by atoms with Gasteiger partial charge in [0.05, 0.1) is 13.2 Å². The Morgan fingerprint density at radius 1 is 0.821 bits per heavy atom. The fourth-order valence-electron chi connectivity index (χ4n) is 3.43. The summed E-state index contributed by atoms with van der Waals surface area (Å²) in [5.74, 6) is -0.940. The summed E-state index contributed by atoms with van der Waals surface area (Å²) >= 11 is 3.40. The van der Waals surface area contributed by atoms with Crippen molar-refractivity contribution in [3.8, 4) is 0 Å². The fraction of sp³-hybridized carbons (Fsp3) is 0.421. The zero-order valence-corrected chi connectivity index (χ0v) is 16.8. The third kappa shape index (κ3) is 3.77. The fourth-order valence-corrected chi connectivity index (χ4v) is 3.80. The van der Waals surface area contributed by atoms with Crippen LogP contribution in [0.25, 0.3) is 11.0 Å². The van der Waals surface area contributed by atoms with Crippen LogP contribution in [0.15, 0.2) is 33.2 Å². The van der Waals surface area contributed by atoms with Crippen LogP contribution in [0.1, 0.15) is 10.6 Å². The molecule has 0 radical (unpaired) electrons. The average Bonchev–Trinajstić information content (AvgIpc) is 3.16.